The van der Waals surface area contributed by atoms with Crippen molar-refractivity contribution in [1.29, 1.82) is 0 Å². The van der Waals surface area contributed by atoms with Gasteiger partial charge in [0.15, 0.2) is 5.54 Å². The number of carbonyl (C=O) groups excluding carboxylic acids is 1. The molecule has 0 fully saturated rings. The molecule has 0 amide bonds. The number of hydrogen-bond donors (Lipinski definition) is 1. The van der Waals surface area contributed by atoms with Crippen LogP contribution in [0.25, 0.3) is 0 Å². The molecular weight excluding hydrogens is 222 g/mol. The monoisotopic (exact) mass is 239 g/mol. The van der Waals surface area contributed by atoms with E-state index in [2.05, 4.69) is 16.8 Å². The quantitative estimate of drug-likeness (QED) is 0.821. The zero-order valence-corrected chi connectivity index (χ0v) is 10.5. The van der Waals surface area contributed by atoms with Gasteiger partial charge in [-0.3, -0.25) is 5.32 Å². The molecule has 1 aromatic rings. The van der Waals surface area contributed by atoms with Crippen LogP contribution in [0, 0.1) is 0 Å². The molecule has 3 nitrogen and oxygen atoms in total. The van der Waals surface area contributed by atoms with Gasteiger partial charge >= 0.3 is 5.97 Å². The molecule has 0 aliphatic carbocycles. The molecule has 4 heteroatoms. The Morgan fingerprint density at radius 1 is 1.62 bits per heavy atom. The molecule has 2 heterocycles. The van der Waals surface area contributed by atoms with Gasteiger partial charge in [-0.15, -0.1) is 11.3 Å². The average Bonchev–Trinajstić information content (AvgIpc) is 2.77. The summed E-state index contributed by atoms with van der Waals surface area (Å²) in [5.41, 5.74) is 0.691. The lowest BCUT2D eigenvalue weighted by Crippen LogP contribution is -2.52. The lowest BCUT2D eigenvalue weighted by atomic mass is 9.87. The fourth-order valence-electron chi connectivity index (χ4n) is 2.25. The third-order valence-electron chi connectivity index (χ3n) is 3.11. The van der Waals surface area contributed by atoms with Crippen LogP contribution in [0.1, 0.15) is 30.7 Å². The second-order valence-corrected chi connectivity index (χ2v) is 4.85. The van der Waals surface area contributed by atoms with Gasteiger partial charge < -0.3 is 4.74 Å². The molecule has 1 N–H and O–H groups in total. The van der Waals surface area contributed by atoms with E-state index in [-0.39, 0.29) is 5.97 Å². The van der Waals surface area contributed by atoms with Crippen LogP contribution in [0.2, 0.25) is 0 Å². The van der Waals surface area contributed by atoms with Crippen LogP contribution >= 0.6 is 11.3 Å². The van der Waals surface area contributed by atoms with E-state index in [1.54, 1.807) is 11.3 Å². The molecule has 0 saturated carbocycles. The van der Waals surface area contributed by atoms with Gasteiger partial charge in [-0.1, -0.05) is 6.92 Å². The Bertz CT molecular complexity index is 388. The minimum Gasteiger partial charge on any atom is -0.464 e. The highest BCUT2D eigenvalue weighted by atomic mass is 32.1. The average molecular weight is 239 g/mol. The number of hydrogen-bond acceptors (Lipinski definition) is 4. The van der Waals surface area contributed by atoms with E-state index < -0.39 is 5.54 Å². The van der Waals surface area contributed by atoms with Crippen molar-refractivity contribution in [3.8, 4) is 0 Å². The summed E-state index contributed by atoms with van der Waals surface area (Å²) >= 11 is 1.65. The Hall–Kier alpha value is -0.870. The van der Waals surface area contributed by atoms with Crippen LogP contribution in [0.5, 0.6) is 0 Å². The maximum absolute atomic E-state index is 12.1. The number of nitrogens with one attached hydrogen (secondary N) is 1. The van der Waals surface area contributed by atoms with E-state index >= 15 is 0 Å². The number of rotatable bonds is 3. The Kier molecular flexibility index (Phi) is 3.30. The van der Waals surface area contributed by atoms with E-state index in [9.17, 15) is 4.79 Å². The molecule has 0 saturated heterocycles. The van der Waals surface area contributed by atoms with Crippen LogP contribution in [0.3, 0.4) is 0 Å². The molecule has 88 valence electrons. The number of thiophene rings is 1. The summed E-state index contributed by atoms with van der Waals surface area (Å²) in [6.07, 6.45) is 1.74. The number of ether oxygens (including phenoxy) is 1. The molecular formula is C12H17NO2S. The molecule has 16 heavy (non-hydrogen) atoms. The predicted molar refractivity (Wildman–Crippen MR) is 64.6 cm³/mol. The van der Waals surface area contributed by atoms with Gasteiger partial charge in [-0.2, -0.15) is 0 Å². The van der Waals surface area contributed by atoms with E-state index in [4.69, 9.17) is 4.74 Å². The van der Waals surface area contributed by atoms with Crippen LogP contribution in [0.4, 0.5) is 0 Å². The molecule has 2 rings (SSSR count). The smallest absolute Gasteiger partial charge is 0.331 e. The van der Waals surface area contributed by atoms with Gasteiger partial charge in [-0.25, -0.2) is 4.79 Å². The number of carbonyl (C=O) groups is 1. The normalized spacial score (nSPS) is 23.9. The lowest BCUT2D eigenvalue weighted by Gasteiger charge is -2.35. The van der Waals surface area contributed by atoms with Crippen molar-refractivity contribution in [1.82, 2.24) is 5.32 Å². The highest BCUT2D eigenvalue weighted by Crippen LogP contribution is 2.36. The van der Waals surface area contributed by atoms with Gasteiger partial charge in [0.2, 0.25) is 0 Å². The molecule has 1 aliphatic rings. The minimum atomic E-state index is -0.599. The highest BCUT2D eigenvalue weighted by Gasteiger charge is 2.44. The Morgan fingerprint density at radius 2 is 2.44 bits per heavy atom. The zero-order chi connectivity index (χ0) is 11.6. The first-order chi connectivity index (χ1) is 7.74. The van der Waals surface area contributed by atoms with E-state index in [1.807, 2.05) is 13.8 Å². The summed E-state index contributed by atoms with van der Waals surface area (Å²) < 4.78 is 5.21. The SMILES string of the molecule is CCOC(=O)[C@]1(CC)NCCc2ccsc21. The van der Waals surface area contributed by atoms with Crippen LogP contribution in [-0.2, 0) is 21.5 Å². The van der Waals surface area contributed by atoms with Crippen molar-refractivity contribution < 1.29 is 9.53 Å². The highest BCUT2D eigenvalue weighted by molar-refractivity contribution is 7.10. The van der Waals surface area contributed by atoms with Crippen LogP contribution < -0.4 is 5.32 Å². The summed E-state index contributed by atoms with van der Waals surface area (Å²) in [6, 6.07) is 2.12. The standard InChI is InChI=1S/C12H17NO2S/c1-3-12(11(14)15-4-2)10-9(5-7-13-12)6-8-16-10/h6,8,13H,3-5,7H2,1-2H3/t12-/m1/s1. The Balaban J connectivity index is 2.40. The maximum atomic E-state index is 12.1. The fraction of sp³-hybridized carbons (Fsp3) is 0.583. The third-order valence-corrected chi connectivity index (χ3v) is 4.23. The van der Waals surface area contributed by atoms with Gasteiger partial charge in [0, 0.05) is 11.4 Å². The van der Waals surface area contributed by atoms with Gasteiger partial charge in [-0.05, 0) is 36.8 Å². The largest absolute Gasteiger partial charge is 0.464 e. The van der Waals surface area contributed by atoms with Gasteiger partial charge in [0.25, 0.3) is 0 Å². The third kappa shape index (κ3) is 1.66. The summed E-state index contributed by atoms with van der Waals surface area (Å²) in [6.45, 7) is 5.15. The topological polar surface area (TPSA) is 38.3 Å². The summed E-state index contributed by atoms with van der Waals surface area (Å²) in [5.74, 6) is -0.138. The summed E-state index contributed by atoms with van der Waals surface area (Å²) in [4.78, 5) is 13.3. The molecule has 0 spiro atoms. The molecule has 0 unspecified atom stereocenters. The van der Waals surface area contributed by atoms with Gasteiger partial charge in [0.1, 0.15) is 0 Å². The molecule has 1 atom stereocenters. The number of fused-ring (bicyclic) bond motifs is 1. The minimum absolute atomic E-state index is 0.138. The first kappa shape index (κ1) is 11.6. The predicted octanol–water partition coefficient (Wildman–Crippen LogP) is 2.06. The van der Waals surface area contributed by atoms with Crippen molar-refractivity contribution in [2.75, 3.05) is 13.2 Å². The molecule has 0 bridgehead atoms. The Morgan fingerprint density at radius 3 is 3.12 bits per heavy atom. The second kappa shape index (κ2) is 4.55. The fourth-order valence-corrected chi connectivity index (χ4v) is 3.44. The van der Waals surface area contributed by atoms with Crippen molar-refractivity contribution >= 4 is 17.3 Å². The molecule has 1 aromatic heterocycles. The lowest BCUT2D eigenvalue weighted by molar-refractivity contribution is -0.152. The molecule has 0 radical (unpaired) electrons. The van der Waals surface area contributed by atoms with Gasteiger partial charge in [0.05, 0.1) is 6.61 Å². The summed E-state index contributed by atoms with van der Waals surface area (Å²) in [5, 5.41) is 5.40. The van der Waals surface area contributed by atoms with Crippen LogP contribution in [-0.4, -0.2) is 19.1 Å². The second-order valence-electron chi connectivity index (χ2n) is 3.93. The van der Waals surface area contributed by atoms with E-state index in [1.165, 1.54) is 5.56 Å². The van der Waals surface area contributed by atoms with Crippen molar-refractivity contribution in [3.05, 3.63) is 21.9 Å². The van der Waals surface area contributed by atoms with E-state index in [0.717, 1.165) is 24.3 Å². The van der Waals surface area contributed by atoms with Crippen molar-refractivity contribution in [2.45, 2.75) is 32.2 Å². The van der Waals surface area contributed by atoms with Crippen molar-refractivity contribution in [3.63, 3.8) is 0 Å². The first-order valence-electron chi connectivity index (χ1n) is 5.73. The molecule has 1 aliphatic heterocycles. The molecule has 0 aromatic carbocycles. The summed E-state index contributed by atoms with van der Waals surface area (Å²) in [7, 11) is 0. The Labute approximate surface area is 99.8 Å². The van der Waals surface area contributed by atoms with Crippen molar-refractivity contribution in [2.24, 2.45) is 0 Å². The van der Waals surface area contributed by atoms with E-state index in [0.29, 0.717) is 6.61 Å². The first-order valence-corrected chi connectivity index (χ1v) is 6.61. The number of esters is 1. The maximum Gasteiger partial charge on any atom is 0.331 e. The van der Waals surface area contributed by atoms with Crippen LogP contribution in [0.15, 0.2) is 11.4 Å². The zero-order valence-electron chi connectivity index (χ0n) is 9.71.